The minimum absolute atomic E-state index is 0.116. The van der Waals surface area contributed by atoms with Gasteiger partial charge in [0.05, 0.1) is 19.6 Å². The number of morpholine rings is 1. The molecular formula is C19H27ClN4O4. The summed E-state index contributed by atoms with van der Waals surface area (Å²) >= 11 is 5.78. The first-order chi connectivity index (χ1) is 13.5. The number of benzene rings is 1. The van der Waals surface area contributed by atoms with Gasteiger partial charge in [0.25, 0.3) is 5.91 Å². The molecule has 1 aromatic rings. The zero-order valence-corrected chi connectivity index (χ0v) is 16.8. The summed E-state index contributed by atoms with van der Waals surface area (Å²) in [6.45, 7) is 6.52. The topological polar surface area (TPSA) is 92.3 Å². The lowest BCUT2D eigenvalue weighted by Crippen LogP contribution is -2.38. The predicted octanol–water partition coefficient (Wildman–Crippen LogP) is 1.44. The van der Waals surface area contributed by atoms with Gasteiger partial charge in [-0.15, -0.1) is 0 Å². The van der Waals surface area contributed by atoms with E-state index >= 15 is 0 Å². The van der Waals surface area contributed by atoms with E-state index in [4.69, 9.17) is 21.1 Å². The first-order valence-corrected chi connectivity index (χ1v) is 9.68. The molecule has 1 aliphatic heterocycles. The molecule has 0 bridgehead atoms. The maximum Gasteiger partial charge on any atom is 0.277 e. The fraction of sp³-hybridized carbons (Fsp3) is 0.526. The Kier molecular flexibility index (Phi) is 9.74. The summed E-state index contributed by atoms with van der Waals surface area (Å²) in [5.41, 5.74) is 2.90. The van der Waals surface area contributed by atoms with Crippen molar-refractivity contribution in [3.05, 3.63) is 29.3 Å². The third-order valence-electron chi connectivity index (χ3n) is 4.05. The molecule has 2 N–H and O–H groups in total. The van der Waals surface area contributed by atoms with Crippen LogP contribution in [0.3, 0.4) is 0 Å². The van der Waals surface area contributed by atoms with Crippen LogP contribution < -0.4 is 15.5 Å². The van der Waals surface area contributed by atoms with Crippen LogP contribution in [0.1, 0.15) is 19.8 Å². The number of halogens is 1. The number of amides is 2. The highest BCUT2D eigenvalue weighted by Gasteiger charge is 2.10. The first kappa shape index (κ1) is 22.1. The standard InChI is InChI=1S/C19H27ClN4O4/c1-15(13-18(25)21-7-2-8-24-9-11-27-12-10-24)22-23-19(26)14-28-17-5-3-16(20)4-6-17/h3-6H,2,7-14H2,1H3,(H,21,25)(H,23,26)/b22-15-. The Morgan fingerprint density at radius 1 is 1.21 bits per heavy atom. The lowest BCUT2D eigenvalue weighted by molar-refractivity contribution is -0.123. The fourth-order valence-electron chi connectivity index (χ4n) is 2.56. The summed E-state index contributed by atoms with van der Waals surface area (Å²) in [7, 11) is 0. The molecule has 0 atom stereocenters. The number of nitrogens with one attached hydrogen (secondary N) is 2. The number of hydrazone groups is 1. The van der Waals surface area contributed by atoms with Crippen molar-refractivity contribution >= 4 is 29.1 Å². The molecular weight excluding hydrogens is 384 g/mol. The van der Waals surface area contributed by atoms with Gasteiger partial charge in [0.15, 0.2) is 6.61 Å². The molecule has 154 valence electrons. The Morgan fingerprint density at radius 2 is 1.93 bits per heavy atom. The molecule has 0 radical (unpaired) electrons. The Labute approximate surface area is 170 Å². The Balaban J connectivity index is 1.56. The lowest BCUT2D eigenvalue weighted by Gasteiger charge is -2.26. The summed E-state index contributed by atoms with van der Waals surface area (Å²) in [5, 5.41) is 7.39. The summed E-state index contributed by atoms with van der Waals surface area (Å²) in [4.78, 5) is 26.0. The summed E-state index contributed by atoms with van der Waals surface area (Å²) in [6.07, 6.45) is 1.02. The molecule has 28 heavy (non-hydrogen) atoms. The van der Waals surface area contributed by atoms with Crippen molar-refractivity contribution in [3.8, 4) is 5.75 Å². The number of rotatable bonds is 10. The quantitative estimate of drug-likeness (QED) is 0.346. The molecule has 1 saturated heterocycles. The van der Waals surface area contributed by atoms with Crippen molar-refractivity contribution in [2.24, 2.45) is 5.10 Å². The van der Waals surface area contributed by atoms with Crippen LogP contribution in [-0.2, 0) is 14.3 Å². The van der Waals surface area contributed by atoms with Gasteiger partial charge in [-0.05, 0) is 44.2 Å². The van der Waals surface area contributed by atoms with Gasteiger partial charge in [-0.2, -0.15) is 5.10 Å². The second kappa shape index (κ2) is 12.3. The number of nitrogens with zero attached hydrogens (tertiary/aromatic N) is 2. The predicted molar refractivity (Wildman–Crippen MR) is 108 cm³/mol. The molecule has 1 aliphatic rings. The van der Waals surface area contributed by atoms with E-state index < -0.39 is 5.91 Å². The largest absolute Gasteiger partial charge is 0.484 e. The van der Waals surface area contributed by atoms with Crippen LogP contribution in [0.2, 0.25) is 5.02 Å². The van der Waals surface area contributed by atoms with Crippen molar-refractivity contribution in [2.45, 2.75) is 19.8 Å². The normalized spacial score (nSPS) is 15.1. The Bertz CT molecular complexity index is 660. The zero-order valence-electron chi connectivity index (χ0n) is 16.1. The van der Waals surface area contributed by atoms with E-state index in [9.17, 15) is 9.59 Å². The maximum atomic E-state index is 11.9. The van der Waals surface area contributed by atoms with E-state index in [0.29, 0.717) is 23.0 Å². The number of hydrogen-bond donors (Lipinski definition) is 2. The van der Waals surface area contributed by atoms with Gasteiger partial charge in [0.1, 0.15) is 5.75 Å². The second-order valence-electron chi connectivity index (χ2n) is 6.46. The van der Waals surface area contributed by atoms with Crippen molar-refractivity contribution in [2.75, 3.05) is 46.0 Å². The number of carbonyl (C=O) groups excluding carboxylic acids is 2. The molecule has 0 spiro atoms. The van der Waals surface area contributed by atoms with Gasteiger partial charge in [-0.25, -0.2) is 5.43 Å². The van der Waals surface area contributed by atoms with E-state index in [0.717, 1.165) is 39.3 Å². The summed E-state index contributed by atoms with van der Waals surface area (Å²) in [6, 6.07) is 6.70. The highest BCUT2D eigenvalue weighted by Crippen LogP contribution is 2.15. The highest BCUT2D eigenvalue weighted by molar-refractivity contribution is 6.30. The van der Waals surface area contributed by atoms with Crippen LogP contribution in [0.25, 0.3) is 0 Å². The molecule has 2 amide bonds. The third kappa shape index (κ3) is 9.16. The van der Waals surface area contributed by atoms with Crippen molar-refractivity contribution in [1.29, 1.82) is 0 Å². The molecule has 1 heterocycles. The fourth-order valence-corrected chi connectivity index (χ4v) is 2.69. The van der Waals surface area contributed by atoms with Gasteiger partial charge >= 0.3 is 0 Å². The molecule has 0 unspecified atom stereocenters. The highest BCUT2D eigenvalue weighted by atomic mass is 35.5. The molecule has 9 heteroatoms. The van der Waals surface area contributed by atoms with Crippen LogP contribution >= 0.6 is 11.6 Å². The van der Waals surface area contributed by atoms with Crippen LogP contribution in [0.15, 0.2) is 29.4 Å². The molecule has 0 aromatic heterocycles. The molecule has 0 aliphatic carbocycles. The Morgan fingerprint density at radius 3 is 2.64 bits per heavy atom. The van der Waals surface area contributed by atoms with Crippen LogP contribution in [0, 0.1) is 0 Å². The summed E-state index contributed by atoms with van der Waals surface area (Å²) < 4.78 is 10.6. The average Bonchev–Trinajstić information content (AvgIpc) is 2.70. The lowest BCUT2D eigenvalue weighted by atomic mass is 10.3. The van der Waals surface area contributed by atoms with E-state index in [-0.39, 0.29) is 18.9 Å². The molecule has 8 nitrogen and oxygen atoms in total. The SMILES string of the molecule is C/C(CC(=O)NCCCN1CCOCC1)=N/NC(=O)COc1ccc(Cl)cc1. The minimum Gasteiger partial charge on any atom is -0.484 e. The molecule has 1 fully saturated rings. The van der Waals surface area contributed by atoms with Crippen LogP contribution in [0.5, 0.6) is 5.75 Å². The minimum atomic E-state index is -0.403. The molecule has 0 saturated carbocycles. The van der Waals surface area contributed by atoms with Gasteiger partial charge < -0.3 is 14.8 Å². The van der Waals surface area contributed by atoms with Gasteiger partial charge in [0.2, 0.25) is 5.91 Å². The van der Waals surface area contributed by atoms with Gasteiger partial charge in [0, 0.05) is 30.4 Å². The van der Waals surface area contributed by atoms with E-state index in [1.54, 1.807) is 31.2 Å². The summed E-state index contributed by atoms with van der Waals surface area (Å²) in [5.74, 6) is 0.0202. The second-order valence-corrected chi connectivity index (χ2v) is 6.90. The molecule has 1 aromatic carbocycles. The van der Waals surface area contributed by atoms with Crippen molar-refractivity contribution in [3.63, 3.8) is 0 Å². The van der Waals surface area contributed by atoms with E-state index in [1.165, 1.54) is 0 Å². The van der Waals surface area contributed by atoms with E-state index in [2.05, 4.69) is 20.7 Å². The van der Waals surface area contributed by atoms with Crippen molar-refractivity contribution < 1.29 is 19.1 Å². The maximum absolute atomic E-state index is 11.9. The van der Waals surface area contributed by atoms with Crippen molar-refractivity contribution in [1.82, 2.24) is 15.6 Å². The van der Waals surface area contributed by atoms with Crippen LogP contribution in [0.4, 0.5) is 0 Å². The Hall–Kier alpha value is -2.16. The number of carbonyl (C=O) groups is 2. The first-order valence-electron chi connectivity index (χ1n) is 9.30. The monoisotopic (exact) mass is 410 g/mol. The number of ether oxygens (including phenoxy) is 2. The molecule has 2 rings (SSSR count). The zero-order chi connectivity index (χ0) is 20.2. The van der Waals surface area contributed by atoms with Crippen LogP contribution in [-0.4, -0.2) is 68.4 Å². The smallest absolute Gasteiger partial charge is 0.277 e. The number of hydrogen-bond acceptors (Lipinski definition) is 6. The van der Waals surface area contributed by atoms with Gasteiger partial charge in [-0.3, -0.25) is 14.5 Å². The van der Waals surface area contributed by atoms with Gasteiger partial charge in [-0.1, -0.05) is 11.6 Å². The van der Waals surface area contributed by atoms with E-state index in [1.807, 2.05) is 0 Å². The third-order valence-corrected chi connectivity index (χ3v) is 4.30. The average molecular weight is 411 g/mol.